The molecule has 1 aromatic heterocycles. The van der Waals surface area contributed by atoms with Crippen LogP contribution in [0, 0.1) is 0 Å². The Morgan fingerprint density at radius 1 is 1.13 bits per heavy atom. The van der Waals surface area contributed by atoms with E-state index in [1.165, 1.54) is 30.6 Å². The maximum atomic E-state index is 12.6. The molecule has 30 heavy (non-hydrogen) atoms. The molecule has 0 saturated carbocycles. The molecule has 0 saturated heterocycles. The molecule has 0 radical (unpaired) electrons. The Kier molecular flexibility index (Phi) is 6.29. The van der Waals surface area contributed by atoms with Gasteiger partial charge in [-0.1, -0.05) is 23.7 Å². The van der Waals surface area contributed by atoms with Crippen LogP contribution in [-0.4, -0.2) is 23.7 Å². The van der Waals surface area contributed by atoms with Crippen LogP contribution in [0.4, 0.5) is 18.3 Å². The second-order valence-electron chi connectivity index (χ2n) is 5.87. The van der Waals surface area contributed by atoms with Crippen molar-refractivity contribution in [3.8, 4) is 0 Å². The highest BCUT2D eigenvalue weighted by molar-refractivity contribution is 7.93. The molecule has 0 atom stereocenters. The number of hydrogen-bond acceptors (Lipinski definition) is 6. The Labute approximate surface area is 178 Å². The first-order valence-corrected chi connectivity index (χ1v) is 10.7. The van der Waals surface area contributed by atoms with Crippen LogP contribution in [-0.2, 0) is 22.7 Å². The van der Waals surface area contributed by atoms with Crippen LogP contribution in [0.1, 0.15) is 21.5 Å². The molecular weight excluding hydrogens is 465 g/mol. The SMILES string of the molecule is O=C(NCc1ccc(C(F)(F)F)cc1)c1ccc(S(=O)(=O)Nc2ncns2)cc1Cl. The minimum absolute atomic E-state index is 0.0124. The number of nitrogens with one attached hydrogen (secondary N) is 2. The summed E-state index contributed by atoms with van der Waals surface area (Å²) in [6.45, 7) is -0.0358. The quantitative estimate of drug-likeness (QED) is 0.561. The number of alkyl halides is 3. The fourth-order valence-electron chi connectivity index (χ4n) is 2.33. The summed E-state index contributed by atoms with van der Waals surface area (Å²) < 4.78 is 68.3. The lowest BCUT2D eigenvalue weighted by molar-refractivity contribution is -0.137. The molecule has 0 spiro atoms. The summed E-state index contributed by atoms with van der Waals surface area (Å²) in [5.74, 6) is -0.610. The van der Waals surface area contributed by atoms with Crippen molar-refractivity contribution >= 4 is 44.2 Å². The minimum atomic E-state index is -4.44. The van der Waals surface area contributed by atoms with Gasteiger partial charge in [0.2, 0.25) is 5.13 Å². The number of halogens is 4. The van der Waals surface area contributed by atoms with Crippen LogP contribution in [0.2, 0.25) is 5.02 Å². The van der Waals surface area contributed by atoms with Crippen molar-refractivity contribution in [2.45, 2.75) is 17.6 Å². The smallest absolute Gasteiger partial charge is 0.348 e. The third-order valence-corrected chi connectivity index (χ3v) is 6.17. The molecule has 0 fully saturated rings. The average Bonchev–Trinajstić information content (AvgIpc) is 3.18. The van der Waals surface area contributed by atoms with E-state index >= 15 is 0 Å². The van der Waals surface area contributed by atoms with Gasteiger partial charge in [0, 0.05) is 18.1 Å². The number of sulfonamides is 1. The van der Waals surface area contributed by atoms with Crippen molar-refractivity contribution in [1.82, 2.24) is 14.7 Å². The first-order valence-electron chi connectivity index (χ1n) is 8.09. The Balaban J connectivity index is 1.68. The fraction of sp³-hybridized carbons (Fsp3) is 0.118. The van der Waals surface area contributed by atoms with E-state index in [2.05, 4.69) is 19.4 Å². The zero-order chi connectivity index (χ0) is 21.9. The Bertz CT molecular complexity index is 1150. The number of carbonyl (C=O) groups is 1. The van der Waals surface area contributed by atoms with Crippen LogP contribution in [0.3, 0.4) is 0 Å². The van der Waals surface area contributed by atoms with Crippen molar-refractivity contribution in [2.24, 2.45) is 0 Å². The summed E-state index contributed by atoms with van der Waals surface area (Å²) in [5, 5.41) is 2.49. The van der Waals surface area contributed by atoms with Crippen molar-refractivity contribution in [2.75, 3.05) is 4.72 Å². The minimum Gasteiger partial charge on any atom is -0.348 e. The lowest BCUT2D eigenvalue weighted by Gasteiger charge is -2.10. The average molecular weight is 477 g/mol. The summed E-state index contributed by atoms with van der Waals surface area (Å²) in [6.07, 6.45) is -3.25. The summed E-state index contributed by atoms with van der Waals surface area (Å²) in [4.78, 5) is 15.9. The van der Waals surface area contributed by atoms with Crippen LogP contribution in [0.25, 0.3) is 0 Å². The van der Waals surface area contributed by atoms with Gasteiger partial charge in [0.05, 0.1) is 21.0 Å². The number of amides is 1. The third-order valence-electron chi connectivity index (χ3n) is 3.81. The fourth-order valence-corrected chi connectivity index (χ4v) is 4.35. The Morgan fingerprint density at radius 3 is 2.40 bits per heavy atom. The zero-order valence-corrected chi connectivity index (χ0v) is 17.2. The Hall–Kier alpha value is -2.70. The second kappa shape index (κ2) is 8.58. The predicted octanol–water partition coefficient (Wildman–Crippen LogP) is 3.94. The van der Waals surface area contributed by atoms with Crippen LogP contribution >= 0.6 is 23.1 Å². The predicted molar refractivity (Wildman–Crippen MR) is 105 cm³/mol. The maximum absolute atomic E-state index is 12.6. The molecule has 0 bridgehead atoms. The molecular formula is C17H12ClF3N4O3S2. The largest absolute Gasteiger partial charge is 0.416 e. The number of carbonyl (C=O) groups excluding carboxylic acids is 1. The van der Waals surface area contributed by atoms with Gasteiger partial charge < -0.3 is 5.32 Å². The molecule has 1 heterocycles. The van der Waals surface area contributed by atoms with E-state index in [0.29, 0.717) is 5.56 Å². The summed E-state index contributed by atoms with van der Waals surface area (Å²) in [6, 6.07) is 7.87. The van der Waals surface area contributed by atoms with E-state index in [9.17, 15) is 26.4 Å². The van der Waals surface area contributed by atoms with Crippen molar-refractivity contribution in [3.63, 3.8) is 0 Å². The van der Waals surface area contributed by atoms with Gasteiger partial charge >= 0.3 is 6.18 Å². The van der Waals surface area contributed by atoms with Gasteiger partial charge in [0.15, 0.2) is 0 Å². The summed E-state index contributed by atoms with van der Waals surface area (Å²) in [7, 11) is -3.97. The molecule has 0 aliphatic rings. The number of hydrogen-bond donors (Lipinski definition) is 2. The topological polar surface area (TPSA) is 101 Å². The van der Waals surface area contributed by atoms with Gasteiger partial charge in [0.1, 0.15) is 6.33 Å². The standard InChI is InChI=1S/C17H12ClF3N4O3S2/c18-14-7-12(30(27,28)25-16-23-9-24-29-16)5-6-13(14)15(26)22-8-10-1-3-11(4-2-10)17(19,20)21/h1-7,9H,8H2,(H,22,26)(H,23,24,25). The number of benzene rings is 2. The van der Waals surface area contributed by atoms with Crippen molar-refractivity contribution in [1.29, 1.82) is 0 Å². The normalized spacial score (nSPS) is 11.9. The van der Waals surface area contributed by atoms with E-state index < -0.39 is 27.7 Å². The number of nitrogens with zero attached hydrogens (tertiary/aromatic N) is 2. The highest BCUT2D eigenvalue weighted by atomic mass is 35.5. The molecule has 13 heteroatoms. The number of rotatable bonds is 6. The highest BCUT2D eigenvalue weighted by Gasteiger charge is 2.29. The van der Waals surface area contributed by atoms with E-state index in [-0.39, 0.29) is 27.2 Å². The number of anilines is 1. The lowest BCUT2D eigenvalue weighted by atomic mass is 10.1. The second-order valence-corrected chi connectivity index (χ2v) is 8.74. The molecule has 158 valence electrons. The summed E-state index contributed by atoms with van der Waals surface area (Å²) in [5.41, 5.74) is -0.328. The van der Waals surface area contributed by atoms with E-state index in [1.54, 1.807) is 0 Å². The van der Waals surface area contributed by atoms with Crippen LogP contribution in [0.5, 0.6) is 0 Å². The first kappa shape index (κ1) is 22.0. The molecule has 0 aliphatic heterocycles. The van der Waals surface area contributed by atoms with Gasteiger partial charge in [-0.2, -0.15) is 17.5 Å². The van der Waals surface area contributed by atoms with Crippen LogP contribution < -0.4 is 10.0 Å². The van der Waals surface area contributed by atoms with Gasteiger partial charge in [-0.15, -0.1) is 0 Å². The van der Waals surface area contributed by atoms with Crippen LogP contribution in [0.15, 0.2) is 53.7 Å². The molecule has 2 N–H and O–H groups in total. The van der Waals surface area contributed by atoms with Crippen molar-refractivity contribution in [3.05, 3.63) is 70.5 Å². The van der Waals surface area contributed by atoms with E-state index in [1.807, 2.05) is 0 Å². The molecule has 0 unspecified atom stereocenters. The van der Waals surface area contributed by atoms with E-state index in [0.717, 1.165) is 29.7 Å². The lowest BCUT2D eigenvalue weighted by Crippen LogP contribution is -2.23. The van der Waals surface area contributed by atoms with Crippen molar-refractivity contribution < 1.29 is 26.4 Å². The zero-order valence-electron chi connectivity index (χ0n) is 14.8. The number of aromatic nitrogens is 2. The molecule has 2 aromatic carbocycles. The monoisotopic (exact) mass is 476 g/mol. The molecule has 1 amide bonds. The van der Waals surface area contributed by atoms with Gasteiger partial charge in [0.25, 0.3) is 15.9 Å². The van der Waals surface area contributed by atoms with Gasteiger partial charge in [-0.05, 0) is 35.9 Å². The van der Waals surface area contributed by atoms with E-state index in [4.69, 9.17) is 11.6 Å². The first-order chi connectivity index (χ1) is 14.1. The molecule has 7 nitrogen and oxygen atoms in total. The summed E-state index contributed by atoms with van der Waals surface area (Å²) >= 11 is 6.91. The van der Waals surface area contributed by atoms with Gasteiger partial charge in [-0.3, -0.25) is 9.52 Å². The maximum Gasteiger partial charge on any atom is 0.416 e. The van der Waals surface area contributed by atoms with Gasteiger partial charge in [-0.25, -0.2) is 13.4 Å². The third kappa shape index (κ3) is 5.26. The molecule has 3 rings (SSSR count). The Morgan fingerprint density at radius 2 is 1.83 bits per heavy atom. The molecule has 0 aliphatic carbocycles. The highest BCUT2D eigenvalue weighted by Crippen LogP contribution is 2.29. The molecule has 3 aromatic rings.